The summed E-state index contributed by atoms with van der Waals surface area (Å²) in [6.45, 7) is 0. The number of ether oxygens (including phenoxy) is 1. The molecule has 96 valence electrons. The minimum Gasteiger partial charge on any atom is -0.421 e. The van der Waals surface area contributed by atoms with Crippen LogP contribution in [-0.2, 0) is 4.79 Å². The molecule has 0 heterocycles. The van der Waals surface area contributed by atoms with E-state index in [1.807, 2.05) is 0 Å². The van der Waals surface area contributed by atoms with Gasteiger partial charge in [0.1, 0.15) is 5.75 Å². The number of nitro groups is 1. The van der Waals surface area contributed by atoms with Gasteiger partial charge in [0.15, 0.2) is 0 Å². The summed E-state index contributed by atoms with van der Waals surface area (Å²) >= 11 is 0. The summed E-state index contributed by atoms with van der Waals surface area (Å²) in [6.07, 6.45) is 0. The van der Waals surface area contributed by atoms with Crippen LogP contribution in [0.25, 0.3) is 0 Å². The van der Waals surface area contributed by atoms with Crippen LogP contribution in [0.2, 0.25) is 0 Å². The van der Waals surface area contributed by atoms with Gasteiger partial charge in [0, 0.05) is 10.5 Å². The molecule has 0 spiro atoms. The maximum atomic E-state index is 11.9. The van der Waals surface area contributed by atoms with Crippen LogP contribution in [0.15, 0.2) is 60.7 Å². The Morgan fingerprint density at radius 3 is 2.05 bits per heavy atom. The molecule has 0 aliphatic heterocycles. The lowest BCUT2D eigenvalue weighted by Gasteiger charge is -2.09. The third-order valence-corrected chi connectivity index (χ3v) is 2.51. The van der Waals surface area contributed by atoms with Gasteiger partial charge in [-0.2, -0.15) is 0 Å². The summed E-state index contributed by atoms with van der Waals surface area (Å²) in [7, 11) is 0. The highest BCUT2D eigenvalue weighted by Crippen LogP contribution is 2.20. The third-order valence-electron chi connectivity index (χ3n) is 2.51. The molecule has 19 heavy (non-hydrogen) atoms. The molecule has 5 nitrogen and oxygen atoms in total. The molecule has 0 fully saturated rings. The highest BCUT2D eigenvalue weighted by molar-refractivity contribution is 5.78. The van der Waals surface area contributed by atoms with Gasteiger partial charge in [-0.25, -0.2) is 4.79 Å². The van der Waals surface area contributed by atoms with Crippen LogP contribution < -0.4 is 4.74 Å². The standard InChI is InChI=1S/C14H11NO4/c16-14(19-12-9-5-2-6-10-12)13(15(17)18)11-7-3-1-4-8-11/h1-10,13H. The predicted molar refractivity (Wildman–Crippen MR) is 68.3 cm³/mol. The summed E-state index contributed by atoms with van der Waals surface area (Å²) in [5.74, 6) is -0.613. The van der Waals surface area contributed by atoms with Crippen molar-refractivity contribution in [2.75, 3.05) is 0 Å². The number of esters is 1. The lowest BCUT2D eigenvalue weighted by molar-refractivity contribution is -0.515. The molecule has 2 aromatic rings. The highest BCUT2D eigenvalue weighted by atomic mass is 16.6. The molecule has 2 rings (SSSR count). The molecule has 0 saturated heterocycles. The average Bonchev–Trinajstić information content (AvgIpc) is 2.40. The number of nitrogens with zero attached hydrogens (tertiary/aromatic N) is 1. The second-order valence-electron chi connectivity index (χ2n) is 3.83. The topological polar surface area (TPSA) is 69.4 Å². The van der Waals surface area contributed by atoms with E-state index in [-0.39, 0.29) is 5.75 Å². The van der Waals surface area contributed by atoms with Gasteiger partial charge < -0.3 is 4.74 Å². The van der Waals surface area contributed by atoms with E-state index in [9.17, 15) is 14.9 Å². The first-order chi connectivity index (χ1) is 9.18. The van der Waals surface area contributed by atoms with E-state index in [2.05, 4.69) is 0 Å². The first-order valence-corrected chi connectivity index (χ1v) is 5.63. The fourth-order valence-electron chi connectivity index (χ4n) is 1.64. The first-order valence-electron chi connectivity index (χ1n) is 5.63. The number of hydrogen-bond acceptors (Lipinski definition) is 4. The lowest BCUT2D eigenvalue weighted by atomic mass is 10.1. The van der Waals surface area contributed by atoms with E-state index < -0.39 is 16.9 Å². The third kappa shape index (κ3) is 3.16. The monoisotopic (exact) mass is 257 g/mol. The Morgan fingerprint density at radius 1 is 1.00 bits per heavy atom. The van der Waals surface area contributed by atoms with Crippen LogP contribution in [0.3, 0.4) is 0 Å². The number of carbonyl (C=O) groups excluding carboxylic acids is 1. The minimum atomic E-state index is -1.51. The van der Waals surface area contributed by atoms with Crippen molar-refractivity contribution in [3.05, 3.63) is 76.3 Å². The quantitative estimate of drug-likeness (QED) is 0.365. The number of para-hydroxylation sites is 1. The molecule has 0 amide bonds. The van der Waals surface area contributed by atoms with Gasteiger partial charge >= 0.3 is 12.0 Å². The van der Waals surface area contributed by atoms with E-state index in [1.165, 1.54) is 12.1 Å². The van der Waals surface area contributed by atoms with Crippen molar-refractivity contribution in [2.24, 2.45) is 0 Å². The van der Waals surface area contributed by atoms with Crippen LogP contribution >= 0.6 is 0 Å². The number of hydrogen-bond donors (Lipinski definition) is 0. The van der Waals surface area contributed by atoms with Crippen LogP contribution in [-0.4, -0.2) is 10.9 Å². The molecular weight excluding hydrogens is 246 g/mol. The fourth-order valence-corrected chi connectivity index (χ4v) is 1.64. The molecule has 5 heteroatoms. The van der Waals surface area contributed by atoms with Gasteiger partial charge in [0.25, 0.3) is 0 Å². The van der Waals surface area contributed by atoms with Crippen molar-refractivity contribution in [1.82, 2.24) is 0 Å². The summed E-state index contributed by atoms with van der Waals surface area (Å²) in [6, 6.07) is 14.8. The van der Waals surface area contributed by atoms with Crippen LogP contribution in [0.4, 0.5) is 0 Å². The first kappa shape index (κ1) is 12.8. The van der Waals surface area contributed by atoms with E-state index in [0.717, 1.165) is 0 Å². The Labute approximate surface area is 109 Å². The normalized spacial score (nSPS) is 11.6. The van der Waals surface area contributed by atoms with Gasteiger partial charge in [-0.3, -0.25) is 10.1 Å². The summed E-state index contributed by atoms with van der Waals surface area (Å²) in [5.41, 5.74) is 0.299. The number of carbonyl (C=O) groups is 1. The Balaban J connectivity index is 2.21. The van der Waals surface area contributed by atoms with Gasteiger partial charge in [-0.05, 0) is 12.1 Å². The fraction of sp³-hybridized carbons (Fsp3) is 0.0714. The second-order valence-corrected chi connectivity index (χ2v) is 3.83. The predicted octanol–water partition coefficient (Wildman–Crippen LogP) is 2.61. The van der Waals surface area contributed by atoms with Gasteiger partial charge in [0.05, 0.1) is 0 Å². The van der Waals surface area contributed by atoms with E-state index in [1.54, 1.807) is 48.5 Å². The molecule has 0 N–H and O–H groups in total. The molecule has 0 bridgehead atoms. The van der Waals surface area contributed by atoms with E-state index in [0.29, 0.717) is 5.56 Å². The molecule has 0 saturated carbocycles. The molecular formula is C14H11NO4. The maximum absolute atomic E-state index is 11.9. The van der Waals surface area contributed by atoms with Crippen molar-refractivity contribution in [2.45, 2.75) is 6.04 Å². The van der Waals surface area contributed by atoms with Crippen molar-refractivity contribution in [3.63, 3.8) is 0 Å². The summed E-state index contributed by atoms with van der Waals surface area (Å²) in [5, 5.41) is 11.0. The number of rotatable bonds is 4. The van der Waals surface area contributed by atoms with Crippen molar-refractivity contribution in [3.8, 4) is 5.75 Å². The smallest absolute Gasteiger partial charge is 0.392 e. The molecule has 0 aliphatic carbocycles. The Kier molecular flexibility index (Phi) is 3.87. The zero-order chi connectivity index (χ0) is 13.7. The van der Waals surface area contributed by atoms with Crippen LogP contribution in [0, 0.1) is 10.1 Å². The average molecular weight is 257 g/mol. The van der Waals surface area contributed by atoms with Gasteiger partial charge in [-0.1, -0.05) is 48.5 Å². The molecule has 1 unspecified atom stereocenters. The molecule has 1 atom stereocenters. The second kappa shape index (κ2) is 5.77. The zero-order valence-electron chi connectivity index (χ0n) is 9.93. The molecule has 0 aromatic heterocycles. The van der Waals surface area contributed by atoms with Crippen molar-refractivity contribution < 1.29 is 14.5 Å². The largest absolute Gasteiger partial charge is 0.421 e. The highest BCUT2D eigenvalue weighted by Gasteiger charge is 2.33. The molecule has 0 radical (unpaired) electrons. The van der Waals surface area contributed by atoms with Crippen molar-refractivity contribution in [1.29, 1.82) is 0 Å². The summed E-state index contributed by atoms with van der Waals surface area (Å²) in [4.78, 5) is 22.3. The SMILES string of the molecule is O=C(Oc1ccccc1)C(c1ccccc1)[N+](=O)[O-]. The minimum absolute atomic E-state index is 0.287. The maximum Gasteiger partial charge on any atom is 0.392 e. The van der Waals surface area contributed by atoms with Crippen LogP contribution in [0.1, 0.15) is 11.6 Å². The molecule has 0 aliphatic rings. The van der Waals surface area contributed by atoms with E-state index >= 15 is 0 Å². The van der Waals surface area contributed by atoms with E-state index in [4.69, 9.17) is 4.74 Å². The van der Waals surface area contributed by atoms with Crippen LogP contribution in [0.5, 0.6) is 5.75 Å². The van der Waals surface area contributed by atoms with Gasteiger partial charge in [-0.15, -0.1) is 0 Å². The van der Waals surface area contributed by atoms with Crippen molar-refractivity contribution >= 4 is 5.97 Å². The summed E-state index contributed by atoms with van der Waals surface area (Å²) < 4.78 is 5.01. The zero-order valence-corrected chi connectivity index (χ0v) is 9.93. The Morgan fingerprint density at radius 2 is 1.53 bits per heavy atom. The number of benzene rings is 2. The Bertz CT molecular complexity index is 569. The van der Waals surface area contributed by atoms with Gasteiger partial charge in [0.2, 0.25) is 0 Å². The molecule has 2 aromatic carbocycles. The Hall–Kier alpha value is -2.69. The lowest BCUT2D eigenvalue weighted by Crippen LogP contribution is -2.25.